The molecule has 0 bridgehead atoms. The predicted molar refractivity (Wildman–Crippen MR) is 71.2 cm³/mol. The largest absolute Gasteiger partial charge is 0.189 e. The number of hydrogen-bond acceptors (Lipinski definition) is 1. The Balaban J connectivity index is 2.51. The molecule has 1 atom stereocenters. The van der Waals surface area contributed by atoms with Crippen molar-refractivity contribution < 1.29 is 0 Å². The van der Waals surface area contributed by atoms with Crippen molar-refractivity contribution in [2.45, 2.75) is 26.8 Å². The molecule has 0 amide bonds. The van der Waals surface area contributed by atoms with Gasteiger partial charge in [-0.25, -0.2) is 0 Å². The number of likely N-dealkylation sites (N-methyl/N-ethyl adjacent to an activating group) is 1. The van der Waals surface area contributed by atoms with Crippen LogP contribution < -0.4 is 4.90 Å². The summed E-state index contributed by atoms with van der Waals surface area (Å²) < 4.78 is 0. The molecule has 1 aliphatic heterocycles. The summed E-state index contributed by atoms with van der Waals surface area (Å²) >= 11 is 6.35. The van der Waals surface area contributed by atoms with Crippen LogP contribution in [0.3, 0.4) is 0 Å². The Morgan fingerprint density at radius 2 is 1.81 bits per heavy atom. The molecule has 1 heterocycles. The normalized spacial score (nSPS) is 21.6. The Morgan fingerprint density at radius 1 is 1.19 bits per heavy atom. The van der Waals surface area contributed by atoms with Crippen LogP contribution in [-0.4, -0.2) is 13.1 Å². The maximum absolute atomic E-state index is 6.35. The topological polar surface area (TPSA) is 5.90 Å². The highest BCUT2D eigenvalue weighted by molar-refractivity contribution is 6.49. The summed E-state index contributed by atoms with van der Waals surface area (Å²) in [4.78, 5) is 2.31. The quantitative estimate of drug-likeness (QED) is 0.598. The summed E-state index contributed by atoms with van der Waals surface area (Å²) in [7, 11) is 2.13. The number of benzene rings is 1. The zero-order valence-corrected chi connectivity index (χ0v) is 11.0. The van der Waals surface area contributed by atoms with Gasteiger partial charge in [-0.15, -0.1) is 4.90 Å². The van der Waals surface area contributed by atoms with E-state index in [2.05, 4.69) is 57.0 Å². The number of anilines is 1. The van der Waals surface area contributed by atoms with Crippen molar-refractivity contribution in [2.24, 2.45) is 5.41 Å². The molecule has 2 rings (SSSR count). The molecule has 1 radical (unpaired) electrons. The zero-order chi connectivity index (χ0) is 11.9. The first-order valence-electron chi connectivity index (χ1n) is 5.61. The van der Waals surface area contributed by atoms with Crippen molar-refractivity contribution in [1.82, 2.24) is 4.90 Å². The standard InChI is InChI=1S/C14H18ClN/c1-14(2,3)13-9-11(15)10-7-5-6-8-12(10)16(13)4/h5-9,13H,1-4H3/q+1. The highest BCUT2D eigenvalue weighted by Crippen LogP contribution is 2.39. The van der Waals surface area contributed by atoms with E-state index in [1.165, 1.54) is 5.69 Å². The van der Waals surface area contributed by atoms with E-state index in [9.17, 15) is 0 Å². The van der Waals surface area contributed by atoms with Gasteiger partial charge in [0.1, 0.15) is 7.05 Å². The van der Waals surface area contributed by atoms with Crippen LogP contribution in [0.1, 0.15) is 26.3 Å². The molecule has 1 aromatic rings. The second kappa shape index (κ2) is 3.90. The van der Waals surface area contributed by atoms with Crippen LogP contribution in [0.15, 0.2) is 30.3 Å². The van der Waals surface area contributed by atoms with Gasteiger partial charge in [0, 0.05) is 11.5 Å². The summed E-state index contributed by atoms with van der Waals surface area (Å²) in [5.41, 5.74) is 2.53. The molecule has 16 heavy (non-hydrogen) atoms. The summed E-state index contributed by atoms with van der Waals surface area (Å²) in [5.74, 6) is 0. The number of fused-ring (bicyclic) bond motifs is 1. The van der Waals surface area contributed by atoms with Crippen LogP contribution >= 0.6 is 11.6 Å². The number of para-hydroxylation sites is 1. The van der Waals surface area contributed by atoms with Gasteiger partial charge in [-0.05, 0) is 12.1 Å². The molecule has 1 aliphatic rings. The van der Waals surface area contributed by atoms with E-state index in [-0.39, 0.29) is 5.41 Å². The van der Waals surface area contributed by atoms with Crippen LogP contribution in [0.4, 0.5) is 5.69 Å². The molecular weight excluding hydrogens is 218 g/mol. The summed E-state index contributed by atoms with van der Waals surface area (Å²) in [6, 6.07) is 8.63. The number of nitrogens with zero attached hydrogens (tertiary/aromatic N) is 1. The second-order valence-electron chi connectivity index (χ2n) is 5.45. The third kappa shape index (κ3) is 1.90. The fourth-order valence-corrected chi connectivity index (χ4v) is 2.58. The molecule has 0 aromatic heterocycles. The Morgan fingerprint density at radius 3 is 2.44 bits per heavy atom. The highest BCUT2D eigenvalue weighted by Gasteiger charge is 2.40. The molecular formula is C14H18ClN+. The van der Waals surface area contributed by atoms with Crippen molar-refractivity contribution in [1.29, 1.82) is 0 Å². The van der Waals surface area contributed by atoms with Gasteiger partial charge in [-0.3, -0.25) is 0 Å². The molecule has 0 N–H and O–H groups in total. The van der Waals surface area contributed by atoms with Gasteiger partial charge in [0.05, 0.1) is 10.6 Å². The molecule has 0 saturated heterocycles. The van der Waals surface area contributed by atoms with Crippen molar-refractivity contribution in [3.8, 4) is 0 Å². The van der Waals surface area contributed by atoms with E-state index in [4.69, 9.17) is 11.6 Å². The second-order valence-corrected chi connectivity index (χ2v) is 5.86. The monoisotopic (exact) mass is 235 g/mol. The molecule has 1 unspecified atom stereocenters. The lowest BCUT2D eigenvalue weighted by molar-refractivity contribution is 0.282. The molecule has 0 spiro atoms. The molecule has 85 valence electrons. The molecule has 0 aliphatic carbocycles. The first-order valence-corrected chi connectivity index (χ1v) is 5.98. The molecule has 1 aromatic carbocycles. The van der Waals surface area contributed by atoms with Crippen molar-refractivity contribution in [3.05, 3.63) is 35.9 Å². The minimum absolute atomic E-state index is 0.183. The fourth-order valence-electron chi connectivity index (χ4n) is 2.30. The number of halogens is 1. The summed E-state index contributed by atoms with van der Waals surface area (Å²) in [5, 5.41) is 0.869. The van der Waals surface area contributed by atoms with Crippen molar-refractivity contribution in [3.63, 3.8) is 0 Å². The van der Waals surface area contributed by atoms with Crippen molar-refractivity contribution in [2.75, 3.05) is 7.05 Å². The maximum atomic E-state index is 6.35. The molecule has 0 saturated carbocycles. The fraction of sp³-hybridized carbons (Fsp3) is 0.429. The van der Waals surface area contributed by atoms with E-state index in [0.29, 0.717) is 6.04 Å². The maximum Gasteiger partial charge on any atom is 0.189 e. The van der Waals surface area contributed by atoms with E-state index in [1.54, 1.807) is 0 Å². The van der Waals surface area contributed by atoms with E-state index in [1.807, 2.05) is 6.07 Å². The van der Waals surface area contributed by atoms with Gasteiger partial charge >= 0.3 is 0 Å². The van der Waals surface area contributed by atoms with Gasteiger partial charge in [0.15, 0.2) is 11.7 Å². The Hall–Kier alpha value is -0.790. The Labute approximate surface area is 103 Å². The van der Waals surface area contributed by atoms with Gasteiger partial charge < -0.3 is 0 Å². The number of rotatable bonds is 0. The van der Waals surface area contributed by atoms with Crippen LogP contribution in [-0.2, 0) is 0 Å². The third-order valence-electron chi connectivity index (χ3n) is 3.15. The van der Waals surface area contributed by atoms with Gasteiger partial charge in [-0.2, -0.15) is 0 Å². The molecule has 2 heteroatoms. The van der Waals surface area contributed by atoms with Crippen molar-refractivity contribution >= 4 is 22.3 Å². The third-order valence-corrected chi connectivity index (χ3v) is 3.48. The molecule has 1 nitrogen and oxygen atoms in total. The van der Waals surface area contributed by atoms with Gasteiger partial charge in [0.25, 0.3) is 0 Å². The first-order chi connectivity index (χ1) is 7.41. The summed E-state index contributed by atoms with van der Waals surface area (Å²) in [6.07, 6.45) is 2.16. The van der Waals surface area contributed by atoms with Crippen LogP contribution in [0.25, 0.3) is 5.03 Å². The summed E-state index contributed by atoms with van der Waals surface area (Å²) in [6.45, 7) is 6.72. The zero-order valence-electron chi connectivity index (χ0n) is 10.3. The smallest absolute Gasteiger partial charge is 0.129 e. The minimum atomic E-state index is 0.183. The van der Waals surface area contributed by atoms with E-state index < -0.39 is 0 Å². The average molecular weight is 236 g/mol. The lowest BCUT2D eigenvalue weighted by Gasteiger charge is -2.31. The Kier molecular flexibility index (Phi) is 2.85. The van der Waals surface area contributed by atoms with E-state index >= 15 is 0 Å². The van der Waals surface area contributed by atoms with Gasteiger partial charge in [0.2, 0.25) is 0 Å². The highest BCUT2D eigenvalue weighted by atomic mass is 35.5. The lowest BCUT2D eigenvalue weighted by Crippen LogP contribution is -2.43. The average Bonchev–Trinajstić information content (AvgIpc) is 2.22. The molecule has 0 fully saturated rings. The van der Waals surface area contributed by atoms with Crippen LogP contribution in [0.2, 0.25) is 0 Å². The number of hydrogen-bond donors (Lipinski definition) is 0. The van der Waals surface area contributed by atoms with Crippen LogP contribution in [0.5, 0.6) is 0 Å². The lowest BCUT2D eigenvalue weighted by atomic mass is 9.83. The Bertz CT molecular complexity index is 429. The SMILES string of the molecule is C[N+]1c2ccccc2C(Cl)=CC1C(C)(C)C. The van der Waals surface area contributed by atoms with Gasteiger partial charge in [-0.1, -0.05) is 44.5 Å². The minimum Gasteiger partial charge on any atom is -0.129 e. The van der Waals surface area contributed by atoms with E-state index in [0.717, 1.165) is 10.6 Å². The predicted octanol–water partition coefficient (Wildman–Crippen LogP) is 4.10. The first kappa shape index (κ1) is 11.7. The van der Waals surface area contributed by atoms with Crippen LogP contribution in [0, 0.1) is 5.41 Å².